The highest BCUT2D eigenvalue weighted by Gasteiger charge is 2.36. The molecule has 1 aliphatic heterocycles. The molecule has 3 aromatic carbocycles. The van der Waals surface area contributed by atoms with Gasteiger partial charge in [-0.2, -0.15) is 0 Å². The number of anilines is 1. The zero-order valence-corrected chi connectivity index (χ0v) is 24.3. The molecule has 2 fully saturated rings. The lowest BCUT2D eigenvalue weighted by molar-refractivity contribution is -0.274. The first kappa shape index (κ1) is 29.0. The summed E-state index contributed by atoms with van der Waals surface area (Å²) in [6.45, 7) is 1.52. The Balaban J connectivity index is 1.04. The number of fused-ring (bicyclic) bond motifs is 1. The van der Waals surface area contributed by atoms with Gasteiger partial charge in [0.25, 0.3) is 0 Å². The topological polar surface area (TPSA) is 97.9 Å². The molecule has 12 heteroatoms. The van der Waals surface area contributed by atoms with Gasteiger partial charge in [-0.25, -0.2) is 4.79 Å². The van der Waals surface area contributed by atoms with Gasteiger partial charge in [0.05, 0.1) is 16.6 Å². The fourth-order valence-corrected chi connectivity index (χ4v) is 5.93. The zero-order valence-electron chi connectivity index (χ0n) is 23.6. The Bertz CT molecular complexity index is 1920. The average molecular weight is 636 g/mol. The Morgan fingerprint density at radius 1 is 1.04 bits per heavy atom. The summed E-state index contributed by atoms with van der Waals surface area (Å²) in [7, 11) is 0. The highest BCUT2D eigenvalue weighted by molar-refractivity contribution is 6.31. The van der Waals surface area contributed by atoms with E-state index in [-0.39, 0.29) is 41.0 Å². The summed E-state index contributed by atoms with van der Waals surface area (Å²) in [4.78, 5) is 17.7. The van der Waals surface area contributed by atoms with Gasteiger partial charge in [0.1, 0.15) is 29.6 Å². The van der Waals surface area contributed by atoms with E-state index in [0.29, 0.717) is 22.1 Å². The highest BCUT2D eigenvalue weighted by Crippen LogP contribution is 2.46. The van der Waals surface area contributed by atoms with E-state index < -0.39 is 12.3 Å². The fraction of sp³-hybridized carbons (Fsp3) is 0.242. The van der Waals surface area contributed by atoms with Gasteiger partial charge >= 0.3 is 12.3 Å². The van der Waals surface area contributed by atoms with Crippen LogP contribution in [0.1, 0.15) is 51.9 Å². The van der Waals surface area contributed by atoms with Crippen molar-refractivity contribution in [3.63, 3.8) is 0 Å². The molecule has 8 nitrogen and oxygen atoms in total. The first-order valence-corrected chi connectivity index (χ1v) is 14.6. The molecule has 1 saturated carbocycles. The molecule has 2 aliphatic rings. The Morgan fingerprint density at radius 2 is 1.84 bits per heavy atom. The van der Waals surface area contributed by atoms with Gasteiger partial charge in [-0.1, -0.05) is 41.0 Å². The van der Waals surface area contributed by atoms with Gasteiger partial charge in [-0.05, 0) is 60.9 Å². The minimum absolute atomic E-state index is 0.0296. The van der Waals surface area contributed by atoms with Crippen LogP contribution < -0.4 is 14.4 Å². The molecular formula is C33H25ClF3N3O5. The van der Waals surface area contributed by atoms with Crippen LogP contribution in [0.3, 0.4) is 0 Å². The Kier molecular flexibility index (Phi) is 7.27. The average Bonchev–Trinajstić information content (AvgIpc) is 3.74. The maximum Gasteiger partial charge on any atom is 0.573 e. The second-order valence-electron chi connectivity index (χ2n) is 11.2. The lowest BCUT2D eigenvalue weighted by Crippen LogP contribution is -2.45. The van der Waals surface area contributed by atoms with E-state index in [1.807, 2.05) is 30.3 Å². The van der Waals surface area contributed by atoms with Gasteiger partial charge in [0, 0.05) is 52.8 Å². The van der Waals surface area contributed by atoms with Gasteiger partial charge in [-0.3, -0.25) is 4.98 Å². The second kappa shape index (κ2) is 11.3. The van der Waals surface area contributed by atoms with Crippen LogP contribution >= 0.6 is 11.6 Å². The van der Waals surface area contributed by atoms with Gasteiger partial charge in [0.15, 0.2) is 0 Å². The highest BCUT2D eigenvalue weighted by atomic mass is 35.5. The molecule has 1 N–H and O–H groups in total. The van der Waals surface area contributed by atoms with Gasteiger partial charge in [-0.15, -0.1) is 13.2 Å². The summed E-state index contributed by atoms with van der Waals surface area (Å²) >= 11 is 6.70. The molecule has 1 saturated heterocycles. The number of hydrogen-bond donors (Lipinski definition) is 1. The Labute approximate surface area is 259 Å². The lowest BCUT2D eigenvalue weighted by atomic mass is 9.90. The summed E-state index contributed by atoms with van der Waals surface area (Å²) in [6, 6.07) is 18.7. The predicted molar refractivity (Wildman–Crippen MR) is 160 cm³/mol. The van der Waals surface area contributed by atoms with Crippen molar-refractivity contribution in [1.29, 1.82) is 0 Å². The minimum atomic E-state index is -4.85. The minimum Gasteiger partial charge on any atom is -0.489 e. The number of carboxylic acid groups (broad SMARTS) is 1. The van der Waals surface area contributed by atoms with E-state index in [9.17, 15) is 23.1 Å². The van der Waals surface area contributed by atoms with E-state index in [1.54, 1.807) is 18.2 Å². The van der Waals surface area contributed by atoms with E-state index >= 15 is 0 Å². The number of alkyl halides is 3. The van der Waals surface area contributed by atoms with Gasteiger partial charge < -0.3 is 24.0 Å². The molecule has 45 heavy (non-hydrogen) atoms. The second-order valence-corrected chi connectivity index (χ2v) is 11.6. The van der Waals surface area contributed by atoms with Crippen molar-refractivity contribution in [1.82, 2.24) is 10.1 Å². The smallest absolute Gasteiger partial charge is 0.489 e. The third kappa shape index (κ3) is 6.00. The molecule has 230 valence electrons. The molecule has 3 heterocycles. The van der Waals surface area contributed by atoms with Crippen molar-refractivity contribution >= 4 is 34.2 Å². The molecule has 0 bridgehead atoms. The number of hydrogen-bond acceptors (Lipinski definition) is 7. The number of carboxylic acids is 1. The number of carbonyl (C=O) groups is 1. The first-order chi connectivity index (χ1) is 21.6. The summed E-state index contributed by atoms with van der Waals surface area (Å²) in [5, 5.41) is 14.6. The number of aromatic carboxylic acids is 1. The molecule has 0 radical (unpaired) electrons. The maximum atomic E-state index is 13.1. The van der Waals surface area contributed by atoms with Crippen LogP contribution in [0.5, 0.6) is 11.5 Å². The van der Waals surface area contributed by atoms with Crippen LogP contribution in [-0.4, -0.2) is 40.7 Å². The van der Waals surface area contributed by atoms with Crippen molar-refractivity contribution in [3.05, 3.63) is 100 Å². The van der Waals surface area contributed by atoms with Crippen molar-refractivity contribution in [3.8, 4) is 22.8 Å². The van der Waals surface area contributed by atoms with E-state index in [0.717, 1.165) is 48.1 Å². The van der Waals surface area contributed by atoms with Crippen molar-refractivity contribution in [2.75, 3.05) is 18.0 Å². The number of para-hydroxylation sites is 1. The maximum absolute atomic E-state index is 13.1. The summed E-state index contributed by atoms with van der Waals surface area (Å²) in [5.74, 6) is 0.0790. The third-order valence-corrected chi connectivity index (χ3v) is 8.42. The van der Waals surface area contributed by atoms with Crippen LogP contribution in [0.25, 0.3) is 22.2 Å². The monoisotopic (exact) mass is 635 g/mol. The number of ether oxygens (including phenoxy) is 2. The molecule has 7 rings (SSSR count). The largest absolute Gasteiger partial charge is 0.573 e. The van der Waals surface area contributed by atoms with E-state index in [1.165, 1.54) is 24.4 Å². The molecule has 0 atom stereocenters. The molecule has 0 amide bonds. The Hall–Kier alpha value is -4.77. The standard InChI is InChI=1S/C33H25ClF3N3O5/c34-27-13-23(9-10-24(27)21-15-40(16-21)22-8-7-19-11-20(32(41)42)14-38-28(19)12-22)43-17-26-30(39-45-31(26)18-5-6-18)25-3-1-2-4-29(25)44-33(35,36)37/h1-4,7-14,18,21H,5-6,15-17H2,(H,41,42). The lowest BCUT2D eigenvalue weighted by Gasteiger charge is -2.41. The summed E-state index contributed by atoms with van der Waals surface area (Å²) in [6.07, 6.45) is -1.69. The quantitative estimate of drug-likeness (QED) is 0.173. The number of aromatic nitrogens is 2. The third-order valence-electron chi connectivity index (χ3n) is 8.09. The van der Waals surface area contributed by atoms with Crippen LogP contribution in [0.15, 0.2) is 77.4 Å². The van der Waals surface area contributed by atoms with Crippen molar-refractivity contribution < 1.29 is 37.1 Å². The fourth-order valence-electron chi connectivity index (χ4n) is 5.61. The molecule has 2 aromatic heterocycles. The number of benzene rings is 3. The molecule has 0 spiro atoms. The van der Waals surface area contributed by atoms with Crippen molar-refractivity contribution in [2.45, 2.75) is 37.6 Å². The number of halogens is 4. The predicted octanol–water partition coefficient (Wildman–Crippen LogP) is 8.20. The van der Waals surface area contributed by atoms with E-state index in [2.05, 4.69) is 19.8 Å². The molecule has 0 unspecified atom stereocenters. The molecular weight excluding hydrogens is 611 g/mol. The van der Waals surface area contributed by atoms with Crippen molar-refractivity contribution in [2.24, 2.45) is 0 Å². The normalized spacial score (nSPS) is 15.2. The van der Waals surface area contributed by atoms with Crippen LogP contribution in [-0.2, 0) is 6.61 Å². The van der Waals surface area contributed by atoms with Crippen LogP contribution in [0.4, 0.5) is 18.9 Å². The first-order valence-electron chi connectivity index (χ1n) is 14.3. The number of rotatable bonds is 9. The Morgan fingerprint density at radius 3 is 2.58 bits per heavy atom. The summed E-state index contributed by atoms with van der Waals surface area (Å²) in [5.41, 5.74) is 3.83. The van der Waals surface area contributed by atoms with Crippen LogP contribution in [0, 0.1) is 0 Å². The number of nitrogens with zero attached hydrogens (tertiary/aromatic N) is 3. The zero-order chi connectivity index (χ0) is 31.3. The number of pyridine rings is 1. The molecule has 1 aliphatic carbocycles. The summed E-state index contributed by atoms with van der Waals surface area (Å²) < 4.78 is 55.2. The van der Waals surface area contributed by atoms with Gasteiger partial charge in [0.2, 0.25) is 0 Å². The van der Waals surface area contributed by atoms with Crippen LogP contribution in [0.2, 0.25) is 5.02 Å². The molecule has 5 aromatic rings. The van der Waals surface area contributed by atoms with E-state index in [4.69, 9.17) is 20.9 Å². The SMILES string of the molecule is O=C(O)c1cnc2cc(N3CC(c4ccc(OCc5c(-c6ccccc6OC(F)(F)F)noc5C5CC5)cc4Cl)C3)ccc2c1.